The molecule has 0 fully saturated rings. The fourth-order valence-electron chi connectivity index (χ4n) is 1.64. The standard InChI is InChI=1S/C14H16N4O3S/c1-3-6-21-11-5-4-10(12(19)7-11)8-15-18-13(20)9(2)16-17-14(18)22/h4-5,7-8,19H,3,6H2,1-2H3,(H,17,22). The molecule has 0 radical (unpaired) electrons. The van der Waals surface area contributed by atoms with E-state index < -0.39 is 5.56 Å². The number of aromatic hydroxyl groups is 1. The van der Waals surface area contributed by atoms with Gasteiger partial charge >= 0.3 is 0 Å². The van der Waals surface area contributed by atoms with Crippen molar-refractivity contribution in [3.63, 3.8) is 0 Å². The van der Waals surface area contributed by atoms with E-state index in [1.54, 1.807) is 19.1 Å². The summed E-state index contributed by atoms with van der Waals surface area (Å²) in [6, 6.07) is 4.87. The van der Waals surface area contributed by atoms with Crippen molar-refractivity contribution in [3.05, 3.63) is 44.6 Å². The molecule has 0 spiro atoms. The summed E-state index contributed by atoms with van der Waals surface area (Å²) in [6.07, 6.45) is 2.23. The largest absolute Gasteiger partial charge is 0.507 e. The number of ether oxygens (including phenoxy) is 1. The van der Waals surface area contributed by atoms with Gasteiger partial charge in [0, 0.05) is 11.6 Å². The maximum atomic E-state index is 11.9. The average molecular weight is 320 g/mol. The molecule has 116 valence electrons. The zero-order chi connectivity index (χ0) is 16.1. The van der Waals surface area contributed by atoms with Crippen LogP contribution in [0.15, 0.2) is 28.1 Å². The molecule has 0 unspecified atom stereocenters. The van der Waals surface area contributed by atoms with Gasteiger partial charge in [0.25, 0.3) is 5.56 Å². The van der Waals surface area contributed by atoms with E-state index in [0.717, 1.165) is 11.1 Å². The van der Waals surface area contributed by atoms with Crippen LogP contribution >= 0.6 is 12.2 Å². The highest BCUT2D eigenvalue weighted by Gasteiger charge is 2.04. The third-order valence-electron chi connectivity index (χ3n) is 2.80. The number of benzene rings is 1. The lowest BCUT2D eigenvalue weighted by Gasteiger charge is -2.06. The summed E-state index contributed by atoms with van der Waals surface area (Å²) < 4.78 is 6.51. The van der Waals surface area contributed by atoms with Crippen LogP contribution in [0.3, 0.4) is 0 Å². The van der Waals surface area contributed by atoms with Gasteiger partial charge in [-0.2, -0.15) is 14.9 Å². The van der Waals surface area contributed by atoms with E-state index in [1.165, 1.54) is 12.3 Å². The first-order chi connectivity index (χ1) is 10.5. The van der Waals surface area contributed by atoms with Crippen molar-refractivity contribution in [2.24, 2.45) is 5.10 Å². The first-order valence-electron chi connectivity index (χ1n) is 6.71. The second-order valence-corrected chi connectivity index (χ2v) is 4.93. The third kappa shape index (κ3) is 3.59. The Morgan fingerprint density at radius 2 is 2.32 bits per heavy atom. The predicted molar refractivity (Wildman–Crippen MR) is 85.3 cm³/mol. The summed E-state index contributed by atoms with van der Waals surface area (Å²) in [4.78, 5) is 11.9. The molecular formula is C14H16N4O3S. The highest BCUT2D eigenvalue weighted by molar-refractivity contribution is 7.71. The summed E-state index contributed by atoms with van der Waals surface area (Å²) in [6.45, 7) is 4.13. The number of phenols is 1. The van der Waals surface area contributed by atoms with Crippen molar-refractivity contribution in [1.82, 2.24) is 14.9 Å². The molecule has 0 aliphatic carbocycles. The number of nitrogens with one attached hydrogen (secondary N) is 1. The van der Waals surface area contributed by atoms with Crippen molar-refractivity contribution in [2.45, 2.75) is 20.3 Å². The molecular weight excluding hydrogens is 304 g/mol. The summed E-state index contributed by atoms with van der Waals surface area (Å²) in [5, 5.41) is 20.2. The van der Waals surface area contributed by atoms with Gasteiger partial charge in [0.1, 0.15) is 17.2 Å². The molecule has 0 aliphatic heterocycles. The maximum absolute atomic E-state index is 11.9. The van der Waals surface area contributed by atoms with Crippen LogP contribution in [0.2, 0.25) is 0 Å². The topological polar surface area (TPSA) is 92.5 Å². The predicted octanol–water partition coefficient (Wildman–Crippen LogP) is 1.99. The minimum Gasteiger partial charge on any atom is -0.507 e. The number of H-pyrrole nitrogens is 1. The van der Waals surface area contributed by atoms with Gasteiger partial charge in [-0.25, -0.2) is 0 Å². The van der Waals surface area contributed by atoms with Crippen LogP contribution in [0.4, 0.5) is 0 Å². The first-order valence-corrected chi connectivity index (χ1v) is 7.12. The minimum absolute atomic E-state index is 0.00563. The number of nitrogens with zero attached hydrogens (tertiary/aromatic N) is 3. The molecule has 0 aliphatic rings. The monoisotopic (exact) mass is 320 g/mol. The fraction of sp³-hybridized carbons (Fsp3) is 0.286. The molecule has 2 N–H and O–H groups in total. The SMILES string of the molecule is CCCOc1ccc(C=Nn2c(=S)[nH]nc(C)c2=O)c(O)c1. The van der Waals surface area contributed by atoms with Gasteiger partial charge in [0.05, 0.1) is 12.8 Å². The van der Waals surface area contributed by atoms with E-state index in [0.29, 0.717) is 17.9 Å². The van der Waals surface area contributed by atoms with Gasteiger partial charge < -0.3 is 9.84 Å². The van der Waals surface area contributed by atoms with Crippen LogP contribution in [0.1, 0.15) is 24.6 Å². The molecule has 2 rings (SSSR count). The Morgan fingerprint density at radius 3 is 3.00 bits per heavy atom. The van der Waals surface area contributed by atoms with Crippen LogP contribution in [-0.2, 0) is 0 Å². The average Bonchev–Trinajstić information content (AvgIpc) is 2.50. The van der Waals surface area contributed by atoms with Crippen molar-refractivity contribution in [3.8, 4) is 11.5 Å². The molecule has 0 amide bonds. The molecule has 0 saturated heterocycles. The number of rotatable bonds is 5. The number of aryl methyl sites for hydroxylation is 1. The lowest BCUT2D eigenvalue weighted by molar-refractivity contribution is 0.315. The van der Waals surface area contributed by atoms with Gasteiger partial charge in [0.2, 0.25) is 4.77 Å². The molecule has 1 heterocycles. The molecule has 2 aromatic rings. The van der Waals surface area contributed by atoms with E-state index >= 15 is 0 Å². The minimum atomic E-state index is -0.414. The Hall–Kier alpha value is -2.48. The molecule has 0 saturated carbocycles. The van der Waals surface area contributed by atoms with Crippen molar-refractivity contribution in [2.75, 3.05) is 6.61 Å². The Morgan fingerprint density at radius 1 is 1.55 bits per heavy atom. The number of aromatic nitrogens is 3. The molecule has 8 heteroatoms. The molecule has 7 nitrogen and oxygen atoms in total. The Bertz CT molecular complexity index is 810. The Labute approximate surface area is 131 Å². The van der Waals surface area contributed by atoms with Crippen molar-refractivity contribution in [1.29, 1.82) is 0 Å². The lowest BCUT2D eigenvalue weighted by atomic mass is 10.2. The summed E-state index contributed by atoms with van der Waals surface area (Å²) in [5.74, 6) is 0.580. The van der Waals surface area contributed by atoms with Gasteiger partial charge in [-0.15, -0.1) is 0 Å². The molecule has 0 bridgehead atoms. The Kier molecular flexibility index (Phi) is 5.05. The number of phenolic OH excluding ortho intramolecular Hbond substituents is 1. The van der Waals surface area contributed by atoms with E-state index in [1.807, 2.05) is 6.92 Å². The summed E-state index contributed by atoms with van der Waals surface area (Å²) in [7, 11) is 0. The van der Waals surface area contributed by atoms with E-state index in [-0.39, 0.29) is 16.2 Å². The fourth-order valence-corrected chi connectivity index (χ4v) is 1.82. The molecule has 1 aromatic carbocycles. The quantitative estimate of drug-likeness (QED) is 0.649. The van der Waals surface area contributed by atoms with Crippen molar-refractivity contribution < 1.29 is 9.84 Å². The van der Waals surface area contributed by atoms with Gasteiger partial charge in [-0.3, -0.25) is 9.89 Å². The summed E-state index contributed by atoms with van der Waals surface area (Å²) in [5.41, 5.74) is 0.278. The summed E-state index contributed by atoms with van der Waals surface area (Å²) >= 11 is 4.96. The van der Waals surface area contributed by atoms with Gasteiger partial charge in [-0.05, 0) is 37.7 Å². The highest BCUT2D eigenvalue weighted by atomic mass is 32.1. The third-order valence-corrected chi connectivity index (χ3v) is 3.06. The number of aromatic amines is 1. The second kappa shape index (κ2) is 6.99. The van der Waals surface area contributed by atoms with Crippen LogP contribution in [0.5, 0.6) is 11.5 Å². The second-order valence-electron chi connectivity index (χ2n) is 4.54. The number of hydrogen-bond acceptors (Lipinski definition) is 6. The maximum Gasteiger partial charge on any atom is 0.296 e. The lowest BCUT2D eigenvalue weighted by Crippen LogP contribution is -2.22. The van der Waals surface area contributed by atoms with Crippen LogP contribution in [0.25, 0.3) is 0 Å². The van der Waals surface area contributed by atoms with Gasteiger partial charge in [0.15, 0.2) is 0 Å². The van der Waals surface area contributed by atoms with E-state index in [9.17, 15) is 9.90 Å². The zero-order valence-electron chi connectivity index (χ0n) is 12.2. The van der Waals surface area contributed by atoms with Crippen LogP contribution in [-0.4, -0.2) is 32.8 Å². The normalized spacial score (nSPS) is 11.0. The zero-order valence-corrected chi connectivity index (χ0v) is 13.1. The molecule has 0 atom stereocenters. The van der Waals surface area contributed by atoms with Gasteiger partial charge in [-0.1, -0.05) is 6.92 Å². The molecule has 1 aromatic heterocycles. The van der Waals surface area contributed by atoms with E-state index in [2.05, 4.69) is 15.3 Å². The van der Waals surface area contributed by atoms with Crippen LogP contribution in [0, 0.1) is 11.7 Å². The molecule has 22 heavy (non-hydrogen) atoms. The van der Waals surface area contributed by atoms with Crippen LogP contribution < -0.4 is 10.3 Å². The first kappa shape index (κ1) is 15.9. The van der Waals surface area contributed by atoms with Crippen molar-refractivity contribution >= 4 is 18.4 Å². The van der Waals surface area contributed by atoms with E-state index in [4.69, 9.17) is 17.0 Å². The number of hydrogen-bond donors (Lipinski definition) is 2. The highest BCUT2D eigenvalue weighted by Crippen LogP contribution is 2.22. The smallest absolute Gasteiger partial charge is 0.296 e. The Balaban J connectivity index is 2.30.